The Hall–Kier alpha value is -1.56. The molecule has 6 nitrogen and oxygen atoms in total. The van der Waals surface area contributed by atoms with Crippen LogP contribution in [0.3, 0.4) is 0 Å². The minimum Gasteiger partial charge on any atom is -0.480 e. The average Bonchev–Trinajstić information content (AvgIpc) is 2.85. The van der Waals surface area contributed by atoms with Crippen LogP contribution < -0.4 is 5.32 Å². The van der Waals surface area contributed by atoms with E-state index in [2.05, 4.69) is 11.9 Å². The maximum atomic E-state index is 12.2. The third kappa shape index (κ3) is 3.07. The van der Waals surface area contributed by atoms with Crippen molar-refractivity contribution in [3.05, 3.63) is 12.7 Å². The summed E-state index contributed by atoms with van der Waals surface area (Å²) in [4.78, 5) is 24.9. The molecule has 2 fully saturated rings. The molecule has 6 heteroatoms. The number of nitrogens with zero attached hydrogens (tertiary/aromatic N) is 1. The van der Waals surface area contributed by atoms with E-state index in [1.807, 2.05) is 0 Å². The molecule has 0 spiro atoms. The Balaban J connectivity index is 1.98. The highest BCUT2D eigenvalue weighted by Gasteiger charge is 2.39. The maximum Gasteiger partial charge on any atom is 0.326 e. The monoisotopic (exact) mass is 268 g/mol. The number of nitrogens with one attached hydrogen (secondary N) is 1. The molecule has 1 saturated carbocycles. The molecule has 1 aliphatic heterocycles. The number of carbonyl (C=O) groups excluding carboxylic acids is 1. The zero-order chi connectivity index (χ0) is 13.8. The Morgan fingerprint density at radius 3 is 3.00 bits per heavy atom. The van der Waals surface area contributed by atoms with Crippen LogP contribution in [0.4, 0.5) is 4.79 Å². The summed E-state index contributed by atoms with van der Waals surface area (Å²) >= 11 is 0. The summed E-state index contributed by atoms with van der Waals surface area (Å²) in [6, 6.07) is -1.13. The van der Waals surface area contributed by atoms with E-state index < -0.39 is 12.0 Å². The average molecular weight is 268 g/mol. The first-order chi connectivity index (χ1) is 9.13. The summed E-state index contributed by atoms with van der Waals surface area (Å²) in [5.74, 6) is -1.04. The Morgan fingerprint density at radius 2 is 2.32 bits per heavy atom. The third-order valence-corrected chi connectivity index (χ3v) is 3.74. The molecule has 2 rings (SSSR count). The van der Waals surface area contributed by atoms with Crippen molar-refractivity contribution in [2.75, 3.05) is 13.2 Å². The molecule has 0 aromatic carbocycles. The van der Waals surface area contributed by atoms with E-state index in [0.717, 1.165) is 19.3 Å². The van der Waals surface area contributed by atoms with Crippen molar-refractivity contribution in [1.29, 1.82) is 0 Å². The predicted molar refractivity (Wildman–Crippen MR) is 68.9 cm³/mol. The number of amides is 2. The van der Waals surface area contributed by atoms with Gasteiger partial charge in [-0.25, -0.2) is 9.59 Å². The fourth-order valence-corrected chi connectivity index (χ4v) is 2.80. The van der Waals surface area contributed by atoms with Gasteiger partial charge in [0.05, 0.1) is 18.8 Å². The summed E-state index contributed by atoms with van der Waals surface area (Å²) in [6.45, 7) is 4.55. The standard InChI is InChI=1S/C13H20N2O4/c1-2-4-9(12(16)17)14-13(18)15-7-8-19-11-6-3-5-10(11)15/h2,9-11H,1,3-8H2,(H,14,18)(H,16,17). The van der Waals surface area contributed by atoms with Gasteiger partial charge in [0.25, 0.3) is 0 Å². The van der Waals surface area contributed by atoms with Gasteiger partial charge in [0.15, 0.2) is 0 Å². The summed E-state index contributed by atoms with van der Waals surface area (Å²) in [5, 5.41) is 11.6. The van der Waals surface area contributed by atoms with E-state index in [4.69, 9.17) is 9.84 Å². The normalized spacial score (nSPS) is 27.5. The molecule has 2 amide bonds. The summed E-state index contributed by atoms with van der Waals surface area (Å²) in [5.41, 5.74) is 0. The fourth-order valence-electron chi connectivity index (χ4n) is 2.80. The molecule has 3 atom stereocenters. The number of fused-ring (bicyclic) bond motifs is 1. The van der Waals surface area contributed by atoms with Crippen LogP contribution in [0.1, 0.15) is 25.7 Å². The smallest absolute Gasteiger partial charge is 0.326 e. The number of aliphatic carboxylic acids is 1. The van der Waals surface area contributed by atoms with E-state index >= 15 is 0 Å². The highest BCUT2D eigenvalue weighted by atomic mass is 16.5. The number of carboxylic acid groups (broad SMARTS) is 1. The van der Waals surface area contributed by atoms with Crippen molar-refractivity contribution in [3.63, 3.8) is 0 Å². The van der Waals surface area contributed by atoms with Gasteiger partial charge in [0, 0.05) is 6.54 Å². The van der Waals surface area contributed by atoms with E-state index in [0.29, 0.717) is 13.2 Å². The molecular formula is C13H20N2O4. The zero-order valence-corrected chi connectivity index (χ0v) is 10.9. The van der Waals surface area contributed by atoms with Crippen molar-refractivity contribution in [1.82, 2.24) is 10.2 Å². The lowest BCUT2D eigenvalue weighted by Crippen LogP contribution is -2.56. The fraction of sp³-hybridized carbons (Fsp3) is 0.692. The van der Waals surface area contributed by atoms with Gasteiger partial charge >= 0.3 is 12.0 Å². The van der Waals surface area contributed by atoms with Gasteiger partial charge in [-0.2, -0.15) is 0 Å². The van der Waals surface area contributed by atoms with Crippen LogP contribution in [0.5, 0.6) is 0 Å². The van der Waals surface area contributed by atoms with Crippen LogP contribution in [0.2, 0.25) is 0 Å². The number of ether oxygens (including phenoxy) is 1. The van der Waals surface area contributed by atoms with Gasteiger partial charge in [0.1, 0.15) is 6.04 Å². The molecule has 1 heterocycles. The molecule has 3 unspecified atom stereocenters. The number of carbonyl (C=O) groups is 2. The van der Waals surface area contributed by atoms with E-state index in [1.54, 1.807) is 4.90 Å². The molecule has 0 radical (unpaired) electrons. The van der Waals surface area contributed by atoms with Crippen molar-refractivity contribution in [3.8, 4) is 0 Å². The summed E-state index contributed by atoms with van der Waals surface area (Å²) < 4.78 is 5.63. The number of urea groups is 1. The van der Waals surface area contributed by atoms with Crippen LogP contribution in [0, 0.1) is 0 Å². The highest BCUT2D eigenvalue weighted by Crippen LogP contribution is 2.29. The first kappa shape index (κ1) is 13.9. The zero-order valence-electron chi connectivity index (χ0n) is 10.9. The third-order valence-electron chi connectivity index (χ3n) is 3.74. The highest BCUT2D eigenvalue weighted by molar-refractivity contribution is 5.83. The lowest BCUT2D eigenvalue weighted by molar-refractivity contribution is -0.139. The van der Waals surface area contributed by atoms with Crippen LogP contribution >= 0.6 is 0 Å². The largest absolute Gasteiger partial charge is 0.480 e. The minimum atomic E-state index is -1.04. The summed E-state index contributed by atoms with van der Waals surface area (Å²) in [7, 11) is 0. The Kier molecular flexibility index (Phi) is 4.42. The molecule has 19 heavy (non-hydrogen) atoms. The van der Waals surface area contributed by atoms with Gasteiger partial charge < -0.3 is 20.1 Å². The first-order valence-electron chi connectivity index (χ1n) is 6.66. The summed E-state index contributed by atoms with van der Waals surface area (Å²) in [6.07, 6.45) is 4.78. The topological polar surface area (TPSA) is 78.9 Å². The second-order valence-electron chi connectivity index (χ2n) is 4.97. The van der Waals surface area contributed by atoms with Crippen molar-refractivity contribution in [2.45, 2.75) is 43.9 Å². The number of carboxylic acids is 1. The molecule has 0 aromatic heterocycles. The number of morpholine rings is 1. The molecule has 106 valence electrons. The Morgan fingerprint density at radius 1 is 1.53 bits per heavy atom. The first-order valence-corrected chi connectivity index (χ1v) is 6.66. The van der Waals surface area contributed by atoms with E-state index in [1.165, 1.54) is 6.08 Å². The molecular weight excluding hydrogens is 248 g/mol. The predicted octanol–water partition coefficient (Wildman–Crippen LogP) is 0.979. The lowest BCUT2D eigenvalue weighted by Gasteiger charge is -2.38. The molecule has 0 bridgehead atoms. The van der Waals surface area contributed by atoms with Crippen molar-refractivity contribution >= 4 is 12.0 Å². The van der Waals surface area contributed by atoms with Crippen molar-refractivity contribution < 1.29 is 19.4 Å². The molecule has 1 aliphatic carbocycles. The maximum absolute atomic E-state index is 12.2. The molecule has 0 aromatic rings. The minimum absolute atomic E-state index is 0.0897. The van der Waals surface area contributed by atoms with Gasteiger partial charge in [-0.05, 0) is 25.7 Å². The van der Waals surface area contributed by atoms with Crippen LogP contribution in [-0.2, 0) is 9.53 Å². The van der Waals surface area contributed by atoms with E-state index in [9.17, 15) is 9.59 Å². The van der Waals surface area contributed by atoms with Gasteiger partial charge in [0.2, 0.25) is 0 Å². The van der Waals surface area contributed by atoms with Crippen LogP contribution in [0.15, 0.2) is 12.7 Å². The van der Waals surface area contributed by atoms with Gasteiger partial charge in [-0.3, -0.25) is 0 Å². The number of rotatable bonds is 4. The quantitative estimate of drug-likeness (QED) is 0.745. The molecule has 2 N–H and O–H groups in total. The van der Waals surface area contributed by atoms with Crippen LogP contribution in [0.25, 0.3) is 0 Å². The Bertz CT molecular complexity index is 372. The second kappa shape index (κ2) is 6.06. The van der Waals surface area contributed by atoms with Gasteiger partial charge in [-0.1, -0.05) is 6.08 Å². The lowest BCUT2D eigenvalue weighted by atomic mass is 10.1. The van der Waals surface area contributed by atoms with Gasteiger partial charge in [-0.15, -0.1) is 6.58 Å². The number of hydrogen-bond donors (Lipinski definition) is 2. The second-order valence-corrected chi connectivity index (χ2v) is 4.97. The van der Waals surface area contributed by atoms with Crippen molar-refractivity contribution in [2.24, 2.45) is 0 Å². The van der Waals surface area contributed by atoms with E-state index in [-0.39, 0.29) is 24.6 Å². The molecule has 1 saturated heterocycles. The Labute approximate surface area is 112 Å². The number of hydrogen-bond acceptors (Lipinski definition) is 3. The molecule has 2 aliphatic rings. The van der Waals surface area contributed by atoms with Crippen LogP contribution in [-0.4, -0.2) is 53.3 Å². The SMILES string of the molecule is C=CCC(NC(=O)N1CCOC2CCCC21)C(=O)O.